The van der Waals surface area contributed by atoms with Crippen LogP contribution >= 0.6 is 0 Å². The second-order valence-corrected chi connectivity index (χ2v) is 6.22. The van der Waals surface area contributed by atoms with Crippen molar-refractivity contribution in [2.75, 3.05) is 37.0 Å². The molecular weight excluding hydrogens is 340 g/mol. The molecule has 2 heterocycles. The van der Waals surface area contributed by atoms with E-state index in [1.807, 2.05) is 30.3 Å². The van der Waals surface area contributed by atoms with E-state index in [1.54, 1.807) is 13.3 Å². The predicted octanol–water partition coefficient (Wildman–Crippen LogP) is 3.67. The Balaban J connectivity index is 1.33. The van der Waals surface area contributed by atoms with Crippen LogP contribution in [0, 0.1) is 0 Å². The first-order valence-electron chi connectivity index (χ1n) is 9.03. The summed E-state index contributed by atoms with van der Waals surface area (Å²) < 4.78 is 10.9. The van der Waals surface area contributed by atoms with Crippen molar-refractivity contribution in [3.63, 3.8) is 0 Å². The molecule has 6 nitrogen and oxygen atoms in total. The number of hydrogen-bond donors (Lipinski definition) is 1. The SMILES string of the molecule is COc1ccc(OCCNc2ccnc(N3CCc4ccccc43)n2)cc1. The highest BCUT2D eigenvalue weighted by molar-refractivity contribution is 5.66. The zero-order valence-electron chi connectivity index (χ0n) is 15.3. The number of benzene rings is 2. The summed E-state index contributed by atoms with van der Waals surface area (Å²) in [5.41, 5.74) is 2.53. The van der Waals surface area contributed by atoms with Crippen LogP contribution in [0.1, 0.15) is 5.56 Å². The number of anilines is 3. The minimum atomic E-state index is 0.540. The highest BCUT2D eigenvalue weighted by Gasteiger charge is 2.21. The molecule has 4 rings (SSSR count). The molecule has 0 saturated carbocycles. The van der Waals surface area contributed by atoms with Crippen molar-refractivity contribution in [2.45, 2.75) is 6.42 Å². The third-order valence-electron chi connectivity index (χ3n) is 4.51. The Hall–Kier alpha value is -3.28. The molecule has 3 aromatic rings. The van der Waals surface area contributed by atoms with Gasteiger partial charge in [0.2, 0.25) is 5.95 Å². The summed E-state index contributed by atoms with van der Waals surface area (Å²) in [5, 5.41) is 3.30. The molecule has 0 spiro atoms. The molecular formula is C21H22N4O2. The average Bonchev–Trinajstić information content (AvgIpc) is 3.16. The summed E-state index contributed by atoms with van der Waals surface area (Å²) in [5.74, 6) is 3.15. The molecule has 0 saturated heterocycles. The van der Waals surface area contributed by atoms with Gasteiger partial charge in [0.05, 0.1) is 13.7 Å². The van der Waals surface area contributed by atoms with Crippen molar-refractivity contribution >= 4 is 17.5 Å². The van der Waals surface area contributed by atoms with Gasteiger partial charge in [-0.25, -0.2) is 4.98 Å². The highest BCUT2D eigenvalue weighted by Crippen LogP contribution is 2.32. The predicted molar refractivity (Wildman–Crippen MR) is 106 cm³/mol. The standard InChI is InChI=1S/C21H22N4O2/c1-26-17-6-8-18(9-7-17)27-15-13-22-20-10-12-23-21(24-20)25-14-11-16-4-2-3-5-19(16)25/h2-10,12H,11,13-15H2,1H3,(H,22,23,24). The van der Waals surface area contributed by atoms with Gasteiger partial charge in [-0.3, -0.25) is 0 Å². The van der Waals surface area contributed by atoms with Gasteiger partial charge in [0.25, 0.3) is 0 Å². The van der Waals surface area contributed by atoms with Gasteiger partial charge in [-0.15, -0.1) is 0 Å². The number of rotatable bonds is 7. The molecule has 27 heavy (non-hydrogen) atoms. The summed E-state index contributed by atoms with van der Waals surface area (Å²) in [6, 6.07) is 17.8. The lowest BCUT2D eigenvalue weighted by molar-refractivity contribution is 0.331. The first kappa shape index (κ1) is 17.1. The van der Waals surface area contributed by atoms with Gasteiger partial charge < -0.3 is 19.7 Å². The van der Waals surface area contributed by atoms with Crippen LogP contribution in [-0.2, 0) is 6.42 Å². The Morgan fingerprint density at radius 2 is 1.85 bits per heavy atom. The van der Waals surface area contributed by atoms with E-state index in [0.29, 0.717) is 13.2 Å². The fourth-order valence-electron chi connectivity index (χ4n) is 3.14. The van der Waals surface area contributed by atoms with E-state index >= 15 is 0 Å². The number of aromatic nitrogens is 2. The van der Waals surface area contributed by atoms with Crippen molar-refractivity contribution < 1.29 is 9.47 Å². The van der Waals surface area contributed by atoms with Crippen molar-refractivity contribution in [1.82, 2.24) is 9.97 Å². The first-order valence-corrected chi connectivity index (χ1v) is 9.03. The lowest BCUT2D eigenvalue weighted by atomic mass is 10.2. The number of nitrogens with zero attached hydrogens (tertiary/aromatic N) is 3. The van der Waals surface area contributed by atoms with E-state index in [-0.39, 0.29) is 0 Å². The van der Waals surface area contributed by atoms with E-state index in [1.165, 1.54) is 11.3 Å². The van der Waals surface area contributed by atoms with E-state index in [4.69, 9.17) is 9.47 Å². The molecule has 2 aromatic carbocycles. The quantitative estimate of drug-likeness (QED) is 0.647. The maximum Gasteiger partial charge on any atom is 0.231 e. The molecule has 1 aliphatic rings. The van der Waals surface area contributed by atoms with E-state index in [9.17, 15) is 0 Å². The smallest absolute Gasteiger partial charge is 0.231 e. The van der Waals surface area contributed by atoms with Gasteiger partial charge in [0.15, 0.2) is 0 Å². The van der Waals surface area contributed by atoms with Crippen LogP contribution in [0.4, 0.5) is 17.5 Å². The average molecular weight is 362 g/mol. The Bertz CT molecular complexity index is 899. The van der Waals surface area contributed by atoms with Crippen molar-refractivity contribution in [1.29, 1.82) is 0 Å². The first-order chi connectivity index (χ1) is 13.3. The Morgan fingerprint density at radius 1 is 1.04 bits per heavy atom. The van der Waals surface area contributed by atoms with Crippen LogP contribution < -0.4 is 19.7 Å². The van der Waals surface area contributed by atoms with Crippen molar-refractivity contribution in [2.24, 2.45) is 0 Å². The van der Waals surface area contributed by atoms with Gasteiger partial charge in [-0.2, -0.15) is 4.98 Å². The monoisotopic (exact) mass is 362 g/mol. The minimum Gasteiger partial charge on any atom is -0.497 e. The molecule has 6 heteroatoms. The summed E-state index contributed by atoms with van der Waals surface area (Å²) in [7, 11) is 1.65. The lowest BCUT2D eigenvalue weighted by Gasteiger charge is -2.17. The maximum absolute atomic E-state index is 5.73. The third kappa shape index (κ3) is 3.95. The summed E-state index contributed by atoms with van der Waals surface area (Å²) in [6.45, 7) is 2.10. The molecule has 0 radical (unpaired) electrons. The number of nitrogens with one attached hydrogen (secondary N) is 1. The summed E-state index contributed by atoms with van der Waals surface area (Å²) in [6.07, 6.45) is 2.81. The number of fused-ring (bicyclic) bond motifs is 1. The molecule has 0 unspecified atom stereocenters. The lowest BCUT2D eigenvalue weighted by Crippen LogP contribution is -2.18. The third-order valence-corrected chi connectivity index (χ3v) is 4.51. The summed E-state index contributed by atoms with van der Waals surface area (Å²) in [4.78, 5) is 11.3. The van der Waals surface area contributed by atoms with E-state index in [2.05, 4.69) is 44.5 Å². The fraction of sp³-hybridized carbons (Fsp3) is 0.238. The van der Waals surface area contributed by atoms with Gasteiger partial charge in [-0.05, 0) is 48.4 Å². The summed E-state index contributed by atoms with van der Waals surface area (Å²) >= 11 is 0. The zero-order valence-corrected chi connectivity index (χ0v) is 15.3. The number of ether oxygens (including phenoxy) is 2. The highest BCUT2D eigenvalue weighted by atomic mass is 16.5. The normalized spacial score (nSPS) is 12.6. The maximum atomic E-state index is 5.73. The Kier molecular flexibility index (Phi) is 5.05. The van der Waals surface area contributed by atoms with Crippen LogP contribution in [0.3, 0.4) is 0 Å². The van der Waals surface area contributed by atoms with Crippen molar-refractivity contribution in [3.8, 4) is 11.5 Å². The van der Waals surface area contributed by atoms with Crippen LogP contribution in [0.25, 0.3) is 0 Å². The van der Waals surface area contributed by atoms with Crippen LogP contribution in [0.5, 0.6) is 11.5 Å². The molecule has 1 aromatic heterocycles. The molecule has 0 aliphatic carbocycles. The van der Waals surface area contributed by atoms with Gasteiger partial charge in [0.1, 0.15) is 23.9 Å². The van der Waals surface area contributed by atoms with E-state index < -0.39 is 0 Å². The molecule has 138 valence electrons. The molecule has 0 fully saturated rings. The molecule has 1 N–H and O–H groups in total. The number of hydrogen-bond acceptors (Lipinski definition) is 6. The van der Waals surface area contributed by atoms with Crippen molar-refractivity contribution in [3.05, 3.63) is 66.4 Å². The van der Waals surface area contributed by atoms with Crippen LogP contribution in [-0.4, -0.2) is 36.8 Å². The second kappa shape index (κ2) is 7.95. The molecule has 0 atom stereocenters. The topological polar surface area (TPSA) is 59.5 Å². The van der Waals surface area contributed by atoms with Gasteiger partial charge in [-0.1, -0.05) is 18.2 Å². The number of para-hydroxylation sites is 1. The zero-order chi connectivity index (χ0) is 18.5. The minimum absolute atomic E-state index is 0.540. The largest absolute Gasteiger partial charge is 0.497 e. The molecule has 0 amide bonds. The van der Waals surface area contributed by atoms with E-state index in [0.717, 1.165) is 36.2 Å². The fourth-order valence-corrected chi connectivity index (χ4v) is 3.14. The van der Waals surface area contributed by atoms with Crippen LogP contribution in [0.2, 0.25) is 0 Å². The number of methoxy groups -OCH3 is 1. The molecule has 0 bridgehead atoms. The Morgan fingerprint density at radius 3 is 2.70 bits per heavy atom. The van der Waals surface area contributed by atoms with Crippen LogP contribution in [0.15, 0.2) is 60.8 Å². The Labute approximate surface area is 158 Å². The molecule has 1 aliphatic heterocycles. The van der Waals surface area contributed by atoms with Gasteiger partial charge in [0, 0.05) is 18.4 Å². The second-order valence-electron chi connectivity index (χ2n) is 6.22. The van der Waals surface area contributed by atoms with Gasteiger partial charge >= 0.3 is 0 Å².